The molecule has 0 atom stereocenters. The van der Waals surface area contributed by atoms with E-state index in [0.29, 0.717) is 12.5 Å². The molecule has 1 saturated carbocycles. The summed E-state index contributed by atoms with van der Waals surface area (Å²) in [7, 11) is 2.06. The van der Waals surface area contributed by atoms with Crippen LogP contribution in [0.3, 0.4) is 0 Å². The summed E-state index contributed by atoms with van der Waals surface area (Å²) in [6.45, 7) is 1.44. The Hall–Kier alpha value is -3.54. The lowest BCUT2D eigenvalue weighted by Crippen LogP contribution is -2.50. The van der Waals surface area contributed by atoms with Gasteiger partial charge in [-0.05, 0) is 36.5 Å². The third-order valence-corrected chi connectivity index (χ3v) is 6.39. The van der Waals surface area contributed by atoms with Crippen molar-refractivity contribution in [2.24, 2.45) is 0 Å². The average molecular weight is 415 g/mol. The lowest BCUT2D eigenvalue weighted by Gasteiger charge is -2.42. The smallest absolute Gasteiger partial charge is 0.405 e. The lowest BCUT2D eigenvalue weighted by molar-refractivity contribution is 0.144. The number of hydrogen-bond acceptors (Lipinski definition) is 4. The van der Waals surface area contributed by atoms with Crippen LogP contribution >= 0.6 is 0 Å². The van der Waals surface area contributed by atoms with Crippen molar-refractivity contribution in [2.75, 3.05) is 25.1 Å². The molecule has 0 bridgehead atoms. The standard InChI is InChI=1S/C25H25N3O3/c1-28-14-15-31-23-21(28)16-20(17-6-3-2-4-7-17)22(26-23)18-8-10-19(11-9-18)25(12-5-13-25)27-24(29)30/h2-4,6-11,16,27H,5,12-15H2,1H3,(H,29,30). The molecule has 6 heteroatoms. The number of carbonyl (C=O) groups is 1. The van der Waals surface area contributed by atoms with Crippen LogP contribution in [-0.4, -0.2) is 36.4 Å². The fourth-order valence-corrected chi connectivity index (χ4v) is 4.49. The number of nitrogens with zero attached hydrogens (tertiary/aromatic N) is 2. The molecule has 0 unspecified atom stereocenters. The van der Waals surface area contributed by atoms with Gasteiger partial charge < -0.3 is 20.1 Å². The Bertz CT molecular complexity index is 1110. The van der Waals surface area contributed by atoms with Gasteiger partial charge in [0.25, 0.3) is 0 Å². The van der Waals surface area contributed by atoms with Crippen molar-refractivity contribution in [2.45, 2.75) is 24.8 Å². The van der Waals surface area contributed by atoms with Crippen molar-refractivity contribution in [3.8, 4) is 28.3 Å². The van der Waals surface area contributed by atoms with Gasteiger partial charge in [-0.15, -0.1) is 0 Å². The molecule has 6 nitrogen and oxygen atoms in total. The number of hydrogen-bond donors (Lipinski definition) is 2. The second-order valence-electron chi connectivity index (χ2n) is 8.29. The van der Waals surface area contributed by atoms with Crippen molar-refractivity contribution in [3.63, 3.8) is 0 Å². The number of likely N-dealkylation sites (N-methyl/N-ethyl adjacent to an activating group) is 1. The summed E-state index contributed by atoms with van der Waals surface area (Å²) in [5.74, 6) is 0.649. The molecule has 1 aliphatic heterocycles. The first kappa shape index (κ1) is 19.4. The van der Waals surface area contributed by atoms with Crippen LogP contribution in [0.25, 0.3) is 22.4 Å². The van der Waals surface area contributed by atoms with Crippen molar-refractivity contribution < 1.29 is 14.6 Å². The first-order valence-electron chi connectivity index (χ1n) is 10.6. The zero-order valence-corrected chi connectivity index (χ0v) is 17.5. The van der Waals surface area contributed by atoms with E-state index in [1.54, 1.807) is 0 Å². The summed E-state index contributed by atoms with van der Waals surface area (Å²) >= 11 is 0. The summed E-state index contributed by atoms with van der Waals surface area (Å²) in [5.41, 5.74) is 5.50. The maximum atomic E-state index is 11.3. The topological polar surface area (TPSA) is 74.7 Å². The van der Waals surface area contributed by atoms with Gasteiger partial charge in [-0.3, -0.25) is 0 Å². The van der Waals surface area contributed by atoms with Gasteiger partial charge in [0.05, 0.1) is 17.8 Å². The monoisotopic (exact) mass is 415 g/mol. The summed E-state index contributed by atoms with van der Waals surface area (Å²) in [5, 5.41) is 12.0. The third kappa shape index (κ3) is 3.48. The molecule has 2 N–H and O–H groups in total. The van der Waals surface area contributed by atoms with Gasteiger partial charge in [0.1, 0.15) is 12.3 Å². The van der Waals surface area contributed by atoms with Crippen molar-refractivity contribution >= 4 is 11.8 Å². The van der Waals surface area contributed by atoms with E-state index >= 15 is 0 Å². The first-order valence-corrected chi connectivity index (χ1v) is 10.6. The van der Waals surface area contributed by atoms with Gasteiger partial charge in [0, 0.05) is 18.2 Å². The Morgan fingerprint density at radius 1 is 1.10 bits per heavy atom. The fraction of sp³-hybridized carbons (Fsp3) is 0.280. The summed E-state index contributed by atoms with van der Waals surface area (Å²) in [6, 6.07) is 20.5. The number of rotatable bonds is 4. The van der Waals surface area contributed by atoms with Gasteiger partial charge in [0.15, 0.2) is 0 Å². The van der Waals surface area contributed by atoms with Crippen molar-refractivity contribution in [1.82, 2.24) is 10.3 Å². The minimum Gasteiger partial charge on any atom is -0.474 e. The second-order valence-corrected chi connectivity index (χ2v) is 8.29. The Labute approximate surface area is 181 Å². The SMILES string of the molecule is CN1CCOc2nc(-c3ccc(C4(NC(=O)O)CCC4)cc3)c(-c3ccccc3)cc21. The minimum absolute atomic E-state index is 0.471. The molecule has 1 aliphatic carbocycles. The normalized spacial score (nSPS) is 16.6. The van der Waals surface area contributed by atoms with E-state index in [2.05, 4.69) is 35.5 Å². The molecule has 31 heavy (non-hydrogen) atoms. The molecule has 2 aromatic carbocycles. The maximum Gasteiger partial charge on any atom is 0.405 e. The second kappa shape index (κ2) is 7.61. The highest BCUT2D eigenvalue weighted by molar-refractivity contribution is 5.85. The van der Waals surface area contributed by atoms with Crippen LogP contribution in [0.5, 0.6) is 5.88 Å². The molecule has 3 aromatic rings. The summed E-state index contributed by atoms with van der Waals surface area (Å²) < 4.78 is 5.87. The summed E-state index contributed by atoms with van der Waals surface area (Å²) in [4.78, 5) is 18.4. The number of ether oxygens (including phenoxy) is 1. The minimum atomic E-state index is -0.979. The van der Waals surface area contributed by atoms with Crippen LogP contribution in [0.4, 0.5) is 10.5 Å². The Morgan fingerprint density at radius 3 is 2.48 bits per heavy atom. The molecule has 1 aromatic heterocycles. The number of carboxylic acid groups (broad SMARTS) is 1. The summed E-state index contributed by atoms with van der Waals surface area (Å²) in [6.07, 6.45) is 1.70. The van der Waals surface area contributed by atoms with Crippen LogP contribution in [-0.2, 0) is 5.54 Å². The van der Waals surface area contributed by atoms with Gasteiger partial charge in [-0.1, -0.05) is 54.6 Å². The largest absolute Gasteiger partial charge is 0.474 e. The zero-order chi connectivity index (χ0) is 21.4. The molecule has 2 heterocycles. The Balaban J connectivity index is 1.59. The van der Waals surface area contributed by atoms with E-state index in [9.17, 15) is 9.90 Å². The number of benzene rings is 2. The van der Waals surface area contributed by atoms with Crippen LogP contribution in [0.2, 0.25) is 0 Å². The average Bonchev–Trinajstić information content (AvgIpc) is 2.76. The molecule has 5 rings (SSSR count). The Morgan fingerprint density at radius 2 is 1.84 bits per heavy atom. The number of pyridine rings is 1. The number of nitrogens with one attached hydrogen (secondary N) is 1. The van der Waals surface area contributed by atoms with Crippen LogP contribution in [0, 0.1) is 0 Å². The maximum absolute atomic E-state index is 11.3. The lowest BCUT2D eigenvalue weighted by atomic mass is 9.71. The molecule has 0 radical (unpaired) electrons. The molecular formula is C25H25N3O3. The number of amides is 1. The number of aromatic nitrogens is 1. The fourth-order valence-electron chi connectivity index (χ4n) is 4.49. The molecule has 0 saturated heterocycles. The van der Waals surface area contributed by atoms with E-state index in [1.165, 1.54) is 0 Å². The molecular weight excluding hydrogens is 390 g/mol. The molecule has 158 valence electrons. The van der Waals surface area contributed by atoms with Gasteiger partial charge in [-0.25, -0.2) is 9.78 Å². The molecule has 0 spiro atoms. The van der Waals surface area contributed by atoms with Crippen LogP contribution in [0.15, 0.2) is 60.7 Å². The Kier molecular flexibility index (Phi) is 4.77. The number of anilines is 1. The molecule has 1 fully saturated rings. The highest BCUT2D eigenvalue weighted by atomic mass is 16.5. The van der Waals surface area contributed by atoms with Crippen molar-refractivity contribution in [1.29, 1.82) is 0 Å². The predicted octanol–water partition coefficient (Wildman–Crippen LogP) is 4.89. The molecule has 2 aliphatic rings. The van der Waals surface area contributed by atoms with Gasteiger partial charge in [-0.2, -0.15) is 0 Å². The first-order chi connectivity index (χ1) is 15.1. The zero-order valence-electron chi connectivity index (χ0n) is 17.5. The highest BCUT2D eigenvalue weighted by Crippen LogP contribution is 2.43. The van der Waals surface area contributed by atoms with Crippen molar-refractivity contribution in [3.05, 3.63) is 66.2 Å². The van der Waals surface area contributed by atoms with Crippen LogP contribution in [0.1, 0.15) is 24.8 Å². The van der Waals surface area contributed by atoms with Gasteiger partial charge in [0.2, 0.25) is 5.88 Å². The quantitative estimate of drug-likeness (QED) is 0.635. The van der Waals surface area contributed by atoms with Crippen LogP contribution < -0.4 is 15.0 Å². The highest BCUT2D eigenvalue weighted by Gasteiger charge is 2.40. The predicted molar refractivity (Wildman–Crippen MR) is 121 cm³/mol. The van der Waals surface area contributed by atoms with E-state index < -0.39 is 11.6 Å². The van der Waals surface area contributed by atoms with E-state index in [-0.39, 0.29) is 0 Å². The molecule has 1 amide bonds. The van der Waals surface area contributed by atoms with E-state index in [1.807, 2.05) is 42.5 Å². The van der Waals surface area contributed by atoms with E-state index in [0.717, 1.165) is 59.4 Å². The number of fused-ring (bicyclic) bond motifs is 1. The van der Waals surface area contributed by atoms with E-state index in [4.69, 9.17) is 9.72 Å². The third-order valence-electron chi connectivity index (χ3n) is 6.39. The van der Waals surface area contributed by atoms with Gasteiger partial charge >= 0.3 is 6.09 Å².